The van der Waals surface area contributed by atoms with Crippen molar-refractivity contribution < 1.29 is 9.53 Å². The maximum Gasteiger partial charge on any atom is 0.306 e. The van der Waals surface area contributed by atoms with Crippen molar-refractivity contribution in [3.05, 3.63) is 48.7 Å². The minimum absolute atomic E-state index is 0.161. The van der Waals surface area contributed by atoms with E-state index in [-0.39, 0.29) is 5.97 Å². The van der Waals surface area contributed by atoms with E-state index in [1.54, 1.807) is 0 Å². The van der Waals surface area contributed by atoms with Crippen molar-refractivity contribution in [2.45, 2.75) is 31.1 Å². The van der Waals surface area contributed by atoms with Crippen molar-refractivity contribution in [2.75, 3.05) is 12.5 Å². The molecule has 0 fully saturated rings. The van der Waals surface area contributed by atoms with E-state index in [2.05, 4.69) is 18.5 Å². The zero-order valence-corrected chi connectivity index (χ0v) is 13.9. The molecule has 3 N–H and O–H groups in total. The lowest BCUT2D eigenvalue weighted by atomic mass is 10.1. The molecule has 1 aromatic carbocycles. The summed E-state index contributed by atoms with van der Waals surface area (Å²) in [6, 6.07) is 7.89. The Morgan fingerprint density at radius 2 is 2.05 bits per heavy atom. The van der Waals surface area contributed by atoms with Gasteiger partial charge in [-0.15, -0.1) is 0 Å². The van der Waals surface area contributed by atoms with E-state index in [9.17, 15) is 4.79 Å². The van der Waals surface area contributed by atoms with Crippen LogP contribution in [0.3, 0.4) is 0 Å². The molecule has 0 aliphatic carbocycles. The summed E-state index contributed by atoms with van der Waals surface area (Å²) >= 11 is 1.48. The fourth-order valence-corrected chi connectivity index (χ4v) is 2.58. The third-order valence-corrected chi connectivity index (χ3v) is 3.79. The number of carbonyl (C=O) groups is 1. The zero-order valence-electron chi connectivity index (χ0n) is 13.1. The largest absolute Gasteiger partial charge is 0.454 e. The predicted molar refractivity (Wildman–Crippen MR) is 93.1 cm³/mol. The van der Waals surface area contributed by atoms with Crippen LogP contribution in [0.4, 0.5) is 0 Å². The maximum atomic E-state index is 11.4. The van der Waals surface area contributed by atoms with E-state index >= 15 is 0 Å². The van der Waals surface area contributed by atoms with Gasteiger partial charge in [0, 0.05) is 41.2 Å². The van der Waals surface area contributed by atoms with E-state index in [0.717, 1.165) is 22.6 Å². The first-order valence-electron chi connectivity index (χ1n) is 7.28. The summed E-state index contributed by atoms with van der Waals surface area (Å²) in [5, 5.41) is 3.23. The second-order valence-electron chi connectivity index (χ2n) is 4.84. The third-order valence-electron chi connectivity index (χ3n) is 2.89. The van der Waals surface area contributed by atoms with Gasteiger partial charge in [-0.25, -0.2) is 0 Å². The zero-order chi connectivity index (χ0) is 16.4. The lowest BCUT2D eigenvalue weighted by Gasteiger charge is -2.14. The Kier molecular flexibility index (Phi) is 8.22. The van der Waals surface area contributed by atoms with Gasteiger partial charge in [0.2, 0.25) is 0 Å². The van der Waals surface area contributed by atoms with Crippen LogP contribution in [-0.4, -0.2) is 18.5 Å². The Labute approximate surface area is 136 Å². The van der Waals surface area contributed by atoms with Crippen LogP contribution in [-0.2, 0) is 9.53 Å². The fraction of sp³-hybridized carbons (Fsp3) is 0.353. The lowest BCUT2D eigenvalue weighted by molar-refractivity contribution is -0.141. The summed E-state index contributed by atoms with van der Waals surface area (Å²) in [4.78, 5) is 12.4. The van der Waals surface area contributed by atoms with Gasteiger partial charge in [0.1, 0.15) is 5.94 Å². The van der Waals surface area contributed by atoms with E-state index in [0.29, 0.717) is 31.0 Å². The Hall–Kier alpha value is -1.88. The maximum absolute atomic E-state index is 11.4. The Morgan fingerprint density at radius 1 is 1.32 bits per heavy atom. The molecule has 1 rings (SSSR count). The van der Waals surface area contributed by atoms with Crippen molar-refractivity contribution in [3.63, 3.8) is 0 Å². The molecule has 4 nitrogen and oxygen atoms in total. The van der Waals surface area contributed by atoms with Gasteiger partial charge in [-0.3, -0.25) is 4.79 Å². The van der Waals surface area contributed by atoms with Crippen molar-refractivity contribution >= 4 is 23.4 Å². The number of benzene rings is 1. The van der Waals surface area contributed by atoms with E-state index < -0.39 is 0 Å². The Morgan fingerprint density at radius 3 is 2.73 bits per heavy atom. The molecule has 0 atom stereocenters. The highest BCUT2D eigenvalue weighted by Gasteiger charge is 2.07. The minimum Gasteiger partial charge on any atom is -0.454 e. The standard InChI is InChI=1S/C17H24N2O2S/c1-4-7-17(20)21-12-22-16-9-6-5-8-15(16)14(3)19-11-10-13(2)18/h5-6,8-9,19H,2-4,7,10-12,18H2,1H3. The molecule has 0 aliphatic rings. The lowest BCUT2D eigenvalue weighted by Crippen LogP contribution is -2.15. The molecule has 0 amide bonds. The molecule has 0 bridgehead atoms. The molecule has 1 aromatic rings. The first-order valence-corrected chi connectivity index (χ1v) is 8.27. The molecule has 0 aromatic heterocycles. The highest BCUT2D eigenvalue weighted by molar-refractivity contribution is 7.99. The SMILES string of the molecule is C=C(N)CCNC(=C)c1ccccc1SCOC(=O)CCC. The first kappa shape index (κ1) is 18.2. The summed E-state index contributed by atoms with van der Waals surface area (Å²) in [7, 11) is 0. The van der Waals surface area contributed by atoms with E-state index in [4.69, 9.17) is 10.5 Å². The molecule has 0 saturated heterocycles. The summed E-state index contributed by atoms with van der Waals surface area (Å²) in [6.45, 7) is 10.4. The van der Waals surface area contributed by atoms with Crippen molar-refractivity contribution in [2.24, 2.45) is 5.73 Å². The highest BCUT2D eigenvalue weighted by atomic mass is 32.2. The number of esters is 1. The van der Waals surface area contributed by atoms with Crippen LogP contribution in [0.2, 0.25) is 0 Å². The second-order valence-corrected chi connectivity index (χ2v) is 5.80. The van der Waals surface area contributed by atoms with Crippen molar-refractivity contribution in [1.29, 1.82) is 0 Å². The van der Waals surface area contributed by atoms with Gasteiger partial charge in [0.25, 0.3) is 0 Å². The number of carbonyl (C=O) groups excluding carboxylic acids is 1. The molecule has 0 aliphatic heterocycles. The smallest absolute Gasteiger partial charge is 0.306 e. The molecule has 22 heavy (non-hydrogen) atoms. The molecule has 0 spiro atoms. The van der Waals surface area contributed by atoms with Crippen LogP contribution in [0.5, 0.6) is 0 Å². The van der Waals surface area contributed by atoms with Gasteiger partial charge in [0.05, 0.1) is 0 Å². The van der Waals surface area contributed by atoms with Gasteiger partial charge in [0.15, 0.2) is 0 Å². The van der Waals surface area contributed by atoms with Gasteiger partial charge >= 0.3 is 5.97 Å². The van der Waals surface area contributed by atoms with E-state index in [1.807, 2.05) is 31.2 Å². The highest BCUT2D eigenvalue weighted by Crippen LogP contribution is 2.26. The number of nitrogens with two attached hydrogens (primary N) is 1. The average Bonchev–Trinajstić information content (AvgIpc) is 2.47. The van der Waals surface area contributed by atoms with Crippen molar-refractivity contribution in [1.82, 2.24) is 5.32 Å². The molecule has 0 radical (unpaired) electrons. The molecule has 0 unspecified atom stereocenters. The molecule has 0 saturated carbocycles. The summed E-state index contributed by atoms with van der Waals surface area (Å²) in [5.41, 5.74) is 8.02. The van der Waals surface area contributed by atoms with Gasteiger partial charge < -0.3 is 15.8 Å². The molecular weight excluding hydrogens is 296 g/mol. The summed E-state index contributed by atoms with van der Waals surface area (Å²) in [6.07, 6.45) is 1.95. The van der Waals surface area contributed by atoms with Gasteiger partial charge in [-0.2, -0.15) is 0 Å². The minimum atomic E-state index is -0.161. The molecule has 0 heterocycles. The second kappa shape index (κ2) is 9.95. The van der Waals surface area contributed by atoms with Crippen LogP contribution in [0.25, 0.3) is 5.70 Å². The normalized spacial score (nSPS) is 10.0. The summed E-state index contributed by atoms with van der Waals surface area (Å²) in [5.74, 6) is 0.147. The number of ether oxygens (including phenoxy) is 1. The van der Waals surface area contributed by atoms with E-state index in [1.165, 1.54) is 11.8 Å². The number of rotatable bonds is 10. The fourth-order valence-electron chi connectivity index (χ4n) is 1.75. The molecular formula is C17H24N2O2S. The van der Waals surface area contributed by atoms with Crippen LogP contribution in [0.15, 0.2) is 48.0 Å². The number of thioether (sulfide) groups is 1. The average molecular weight is 320 g/mol. The summed E-state index contributed by atoms with van der Waals surface area (Å²) < 4.78 is 5.18. The Balaban J connectivity index is 2.55. The monoisotopic (exact) mass is 320 g/mol. The van der Waals surface area contributed by atoms with Crippen LogP contribution in [0.1, 0.15) is 31.7 Å². The quantitative estimate of drug-likeness (QED) is 0.392. The van der Waals surface area contributed by atoms with Crippen LogP contribution in [0, 0.1) is 0 Å². The Bertz CT molecular complexity index is 529. The first-order chi connectivity index (χ1) is 10.5. The molecule has 120 valence electrons. The third kappa shape index (κ3) is 6.72. The van der Waals surface area contributed by atoms with Gasteiger partial charge in [-0.1, -0.05) is 50.0 Å². The molecule has 5 heteroatoms. The number of hydrogen-bond donors (Lipinski definition) is 2. The van der Waals surface area contributed by atoms with Crippen molar-refractivity contribution in [3.8, 4) is 0 Å². The number of nitrogens with one attached hydrogen (secondary N) is 1. The number of hydrogen-bond acceptors (Lipinski definition) is 5. The topological polar surface area (TPSA) is 64.3 Å². The van der Waals surface area contributed by atoms with Crippen LogP contribution >= 0.6 is 11.8 Å². The van der Waals surface area contributed by atoms with Gasteiger partial charge in [-0.05, 0) is 12.5 Å². The van der Waals surface area contributed by atoms with Crippen LogP contribution < -0.4 is 11.1 Å². The predicted octanol–water partition coefficient (Wildman–Crippen LogP) is 3.50.